The highest BCUT2D eigenvalue weighted by molar-refractivity contribution is 6.21. The Bertz CT molecular complexity index is 1220. The summed E-state index contributed by atoms with van der Waals surface area (Å²) in [5, 5.41) is 8.64. The van der Waals surface area contributed by atoms with Crippen molar-refractivity contribution in [2.24, 2.45) is 10.7 Å². The number of allylic oxidation sites excluding steroid dienone is 6. The van der Waals surface area contributed by atoms with E-state index in [0.717, 1.165) is 57.8 Å². The maximum Gasteiger partial charge on any atom is 0.262 e. The quantitative estimate of drug-likeness (QED) is 0.191. The molecule has 1 heterocycles. The molecule has 7 rings (SSSR count). The van der Waals surface area contributed by atoms with Crippen LogP contribution in [0.1, 0.15) is 84.9 Å². The Hall–Kier alpha value is -3.68. The minimum absolute atomic E-state index is 0. The average molecular weight is 608 g/mol. The highest BCUT2D eigenvalue weighted by Crippen LogP contribution is 2.28. The molecule has 1 aromatic carbocycles. The van der Waals surface area contributed by atoms with Crippen molar-refractivity contribution >= 4 is 36.1 Å². The molecular formula is C34H42ClN3O5. The van der Waals surface area contributed by atoms with Gasteiger partial charge in [-0.25, -0.2) is 4.79 Å². The van der Waals surface area contributed by atoms with E-state index >= 15 is 0 Å². The maximum atomic E-state index is 12.1. The number of benzene rings is 1. The van der Waals surface area contributed by atoms with Gasteiger partial charge in [-0.15, -0.1) is 12.4 Å². The third-order valence-electron chi connectivity index (χ3n) is 7.25. The van der Waals surface area contributed by atoms with Gasteiger partial charge in [0.05, 0.1) is 29.3 Å². The van der Waals surface area contributed by atoms with Gasteiger partial charge in [-0.05, 0) is 76.0 Å². The number of aliphatic hydroxyl groups excluding tert-OH is 1. The van der Waals surface area contributed by atoms with E-state index in [-0.39, 0.29) is 48.2 Å². The Morgan fingerprint density at radius 2 is 1.37 bits per heavy atom. The first-order valence-corrected chi connectivity index (χ1v) is 14.7. The van der Waals surface area contributed by atoms with Crippen molar-refractivity contribution in [3.63, 3.8) is 0 Å². The number of nitrogens with two attached hydrogens (primary N) is 1. The summed E-state index contributed by atoms with van der Waals surface area (Å²) in [5.74, 6) is -0.0377. The first kappa shape index (κ1) is 35.5. The topological polar surface area (TPSA) is 130 Å². The summed E-state index contributed by atoms with van der Waals surface area (Å²) in [5.41, 5.74) is 6.52. The van der Waals surface area contributed by atoms with Crippen molar-refractivity contribution in [2.75, 3.05) is 0 Å². The molecule has 3 N–H and O–H groups in total. The zero-order valence-corrected chi connectivity index (χ0v) is 25.2. The Morgan fingerprint density at radius 1 is 0.767 bits per heavy atom. The van der Waals surface area contributed by atoms with Crippen LogP contribution in [0.15, 0.2) is 90.0 Å². The third-order valence-corrected chi connectivity index (χ3v) is 7.25. The van der Waals surface area contributed by atoms with E-state index in [1.54, 1.807) is 30.3 Å². The second-order valence-electron chi connectivity index (χ2n) is 10.5. The number of hydrogen-bond donors (Lipinski definition) is 2. The van der Waals surface area contributed by atoms with Gasteiger partial charge >= 0.3 is 0 Å². The molecule has 1 aromatic rings. The molecule has 6 aliphatic rings. The number of nitrogens with zero attached hydrogens (tertiary/aromatic N) is 2. The lowest BCUT2D eigenvalue weighted by molar-refractivity contribution is -0.114. The number of carbonyl (C=O) groups excluding carboxylic acids is 4. The average Bonchev–Trinajstić information content (AvgIpc) is 3.83. The Balaban J connectivity index is 0.000000203. The molecule has 1 aliphatic heterocycles. The molecule has 8 nitrogen and oxygen atoms in total. The highest BCUT2D eigenvalue weighted by Gasteiger charge is 2.39. The fraction of sp³-hybridized carbons (Fsp3) is 0.412. The van der Waals surface area contributed by atoms with Crippen LogP contribution < -0.4 is 5.73 Å². The number of aliphatic imine (C=N–C) groups is 1. The lowest BCUT2D eigenvalue weighted by atomic mass is 10.1. The molecule has 5 aliphatic carbocycles. The van der Waals surface area contributed by atoms with Crippen LogP contribution in [0.5, 0.6) is 0 Å². The van der Waals surface area contributed by atoms with Crippen LogP contribution in [-0.4, -0.2) is 57.9 Å². The summed E-state index contributed by atoms with van der Waals surface area (Å²) in [7, 11) is 0. The van der Waals surface area contributed by atoms with E-state index < -0.39 is 0 Å². The summed E-state index contributed by atoms with van der Waals surface area (Å²) < 4.78 is 0. The van der Waals surface area contributed by atoms with Gasteiger partial charge in [0.1, 0.15) is 0 Å². The van der Waals surface area contributed by atoms with Gasteiger partial charge in [-0.1, -0.05) is 66.8 Å². The number of isocyanates is 1. The molecule has 0 spiro atoms. The number of imide groups is 1. The summed E-state index contributed by atoms with van der Waals surface area (Å²) >= 11 is 0. The van der Waals surface area contributed by atoms with Gasteiger partial charge < -0.3 is 10.8 Å². The normalized spacial score (nSPS) is 24.9. The minimum Gasteiger partial charge on any atom is -0.389 e. The second-order valence-corrected chi connectivity index (χ2v) is 10.5. The first-order valence-electron chi connectivity index (χ1n) is 14.7. The van der Waals surface area contributed by atoms with Gasteiger partial charge in [0.25, 0.3) is 11.8 Å². The van der Waals surface area contributed by atoms with E-state index in [9.17, 15) is 19.2 Å². The van der Waals surface area contributed by atoms with Crippen LogP contribution in [0, 0.1) is 0 Å². The number of ketones is 1. The van der Waals surface area contributed by atoms with Crippen LogP contribution in [-0.2, 0) is 9.59 Å². The van der Waals surface area contributed by atoms with Crippen LogP contribution in [0.25, 0.3) is 0 Å². The lowest BCUT2D eigenvalue weighted by Crippen LogP contribution is -2.37. The van der Waals surface area contributed by atoms with Gasteiger partial charge in [-0.2, -0.15) is 4.99 Å². The molecule has 4 unspecified atom stereocenters. The number of hydrogen-bond acceptors (Lipinski definition) is 7. The van der Waals surface area contributed by atoms with Crippen molar-refractivity contribution < 1.29 is 24.3 Å². The molecule has 0 aromatic heterocycles. The molecule has 2 amide bonds. The summed E-state index contributed by atoms with van der Waals surface area (Å²) in [6.45, 7) is 0. The third kappa shape index (κ3) is 11.8. The lowest BCUT2D eigenvalue weighted by Gasteiger charge is -2.19. The molecule has 0 saturated heterocycles. The smallest absolute Gasteiger partial charge is 0.262 e. The van der Waals surface area contributed by atoms with Crippen LogP contribution in [0.3, 0.4) is 0 Å². The minimum atomic E-state index is -0.155. The Morgan fingerprint density at radius 3 is 1.72 bits per heavy atom. The van der Waals surface area contributed by atoms with Crippen molar-refractivity contribution in [1.82, 2.24) is 4.90 Å². The number of rotatable bonds is 2. The van der Waals surface area contributed by atoms with E-state index in [4.69, 9.17) is 10.8 Å². The Kier molecular flexibility index (Phi) is 16.1. The van der Waals surface area contributed by atoms with Gasteiger partial charge in [0.15, 0.2) is 5.78 Å². The van der Waals surface area contributed by atoms with Gasteiger partial charge in [0.2, 0.25) is 6.08 Å². The maximum absolute atomic E-state index is 12.1. The van der Waals surface area contributed by atoms with Crippen molar-refractivity contribution in [3.05, 3.63) is 96.2 Å². The zero-order chi connectivity index (χ0) is 30.2. The number of halogens is 1. The fourth-order valence-electron chi connectivity index (χ4n) is 4.93. The molecule has 43 heavy (non-hydrogen) atoms. The van der Waals surface area contributed by atoms with Crippen LogP contribution in [0.2, 0.25) is 0 Å². The van der Waals surface area contributed by atoms with E-state index in [2.05, 4.69) is 17.1 Å². The van der Waals surface area contributed by atoms with E-state index in [1.807, 2.05) is 42.5 Å². The SMILES string of the molecule is Cl.NC1C=CCC1.O=C1C=CCC1.O=C1c2ccccc2C(=O)N1C1C=CCC1.O=C=NC1C=CCC1.OC1C=CCC1. The van der Waals surface area contributed by atoms with E-state index in [1.165, 1.54) is 17.4 Å². The monoisotopic (exact) mass is 607 g/mol. The predicted molar refractivity (Wildman–Crippen MR) is 171 cm³/mol. The molecule has 0 fully saturated rings. The molecule has 0 radical (unpaired) electrons. The Labute approximate surface area is 260 Å². The fourth-order valence-corrected chi connectivity index (χ4v) is 4.93. The van der Waals surface area contributed by atoms with Crippen molar-refractivity contribution in [3.8, 4) is 0 Å². The highest BCUT2D eigenvalue weighted by atomic mass is 35.5. The van der Waals surface area contributed by atoms with Crippen LogP contribution >= 0.6 is 12.4 Å². The predicted octanol–water partition coefficient (Wildman–Crippen LogP) is 5.73. The zero-order valence-electron chi connectivity index (χ0n) is 24.4. The van der Waals surface area contributed by atoms with Gasteiger partial charge in [0, 0.05) is 12.5 Å². The second kappa shape index (κ2) is 19.5. The number of aliphatic hydroxyl groups is 1. The molecule has 9 heteroatoms. The molecule has 0 bridgehead atoms. The van der Waals surface area contributed by atoms with Gasteiger partial charge in [-0.3, -0.25) is 19.3 Å². The van der Waals surface area contributed by atoms with E-state index in [0.29, 0.717) is 17.2 Å². The largest absolute Gasteiger partial charge is 0.389 e. The summed E-state index contributed by atoms with van der Waals surface area (Å²) in [6.07, 6.45) is 30.7. The van der Waals surface area contributed by atoms with Crippen LogP contribution in [0.4, 0.5) is 0 Å². The number of fused-ring (bicyclic) bond motifs is 1. The van der Waals surface area contributed by atoms with Crippen molar-refractivity contribution in [2.45, 2.75) is 88.4 Å². The molecule has 0 saturated carbocycles. The standard InChI is InChI=1S/C13H11NO2.C6H7NO.C5H9N.C5H8O.C5H6O.ClH/c15-12-10-7-3-4-8-11(10)13(16)14(12)9-5-1-2-6-9;8-5-7-6-3-1-2-4-6;3*6-5-3-1-2-4-5;/h1,3-5,7-9H,2,6H2;1,3,6H,2,4H2;1,3,5H,2,4,6H2;1,3,5-6H,2,4H2;1,3H,2,4H2;1H. The molecular weight excluding hydrogens is 566 g/mol. The molecule has 4 atom stereocenters. The number of amides is 2. The summed E-state index contributed by atoms with van der Waals surface area (Å²) in [6, 6.07) is 7.46. The molecule has 230 valence electrons. The first-order chi connectivity index (χ1) is 20.4. The summed E-state index contributed by atoms with van der Waals surface area (Å²) in [4.78, 5) is 48.8. The van der Waals surface area contributed by atoms with Crippen molar-refractivity contribution in [1.29, 1.82) is 0 Å². The number of carbonyl (C=O) groups is 3.